The van der Waals surface area contributed by atoms with Crippen molar-refractivity contribution in [2.75, 3.05) is 13.1 Å². The Morgan fingerprint density at radius 2 is 2.24 bits per heavy atom. The highest BCUT2D eigenvalue weighted by Crippen LogP contribution is 2.29. The van der Waals surface area contributed by atoms with E-state index in [0.29, 0.717) is 11.4 Å². The van der Waals surface area contributed by atoms with Gasteiger partial charge in [0.15, 0.2) is 0 Å². The van der Waals surface area contributed by atoms with Gasteiger partial charge in [0.25, 0.3) is 5.56 Å². The molecule has 1 atom stereocenters. The minimum Gasteiger partial charge on any atom is -0.487 e. The van der Waals surface area contributed by atoms with E-state index < -0.39 is 5.82 Å². The number of pyridine rings is 2. The normalized spacial score (nSPS) is 20.1. The predicted octanol–water partition coefficient (Wildman–Crippen LogP) is 1.77. The number of allylic oxidation sites excluding steroid dienone is 2. The van der Waals surface area contributed by atoms with Crippen LogP contribution in [0.1, 0.15) is 12.1 Å². The molecule has 0 radical (unpaired) electrons. The van der Waals surface area contributed by atoms with Gasteiger partial charge in [0.1, 0.15) is 24.3 Å². The molecule has 5 heterocycles. The van der Waals surface area contributed by atoms with Crippen LogP contribution in [0.3, 0.4) is 0 Å². The van der Waals surface area contributed by atoms with Crippen molar-refractivity contribution < 1.29 is 9.13 Å². The Hall–Kier alpha value is -3.39. The van der Waals surface area contributed by atoms with Crippen LogP contribution in [0.25, 0.3) is 5.70 Å². The third-order valence-electron chi connectivity index (χ3n) is 5.21. The average Bonchev–Trinajstić information content (AvgIpc) is 3.11. The number of ether oxygens (including phenoxy) is 1. The van der Waals surface area contributed by atoms with Gasteiger partial charge in [0.2, 0.25) is 0 Å². The van der Waals surface area contributed by atoms with Gasteiger partial charge in [0.05, 0.1) is 17.6 Å². The first-order valence-electron chi connectivity index (χ1n) is 9.51. The van der Waals surface area contributed by atoms with E-state index in [9.17, 15) is 9.18 Å². The summed E-state index contributed by atoms with van der Waals surface area (Å²) in [5, 5.41) is 6.92. The molecule has 148 valence electrons. The molecule has 1 unspecified atom stereocenters. The predicted molar refractivity (Wildman–Crippen MR) is 106 cm³/mol. The number of rotatable bonds is 4. The van der Waals surface area contributed by atoms with E-state index in [2.05, 4.69) is 20.5 Å². The summed E-state index contributed by atoms with van der Waals surface area (Å²) in [7, 11) is 0. The molecule has 3 aliphatic heterocycles. The summed E-state index contributed by atoms with van der Waals surface area (Å²) >= 11 is 0. The Kier molecular flexibility index (Phi) is 4.40. The number of halogens is 1. The molecule has 0 saturated heterocycles. The molecule has 2 N–H and O–H groups in total. The molecule has 2 aromatic rings. The van der Waals surface area contributed by atoms with Gasteiger partial charge in [0, 0.05) is 49.4 Å². The maximum absolute atomic E-state index is 12.9. The Morgan fingerprint density at radius 1 is 1.31 bits per heavy atom. The second-order valence-corrected chi connectivity index (χ2v) is 7.08. The van der Waals surface area contributed by atoms with E-state index in [4.69, 9.17) is 4.74 Å². The van der Waals surface area contributed by atoms with Crippen molar-refractivity contribution in [3.8, 4) is 5.75 Å². The SMILES string of the molecule is O=c1cc(OCc2ccc(F)cn2)ccn1C1=CC2NC3=C(CNCC3)N2C=C1. The molecule has 0 saturated carbocycles. The van der Waals surface area contributed by atoms with Gasteiger partial charge in [-0.3, -0.25) is 14.3 Å². The lowest BCUT2D eigenvalue weighted by Gasteiger charge is -2.28. The molecule has 2 aromatic heterocycles. The van der Waals surface area contributed by atoms with Gasteiger partial charge >= 0.3 is 0 Å². The van der Waals surface area contributed by atoms with E-state index in [1.807, 2.05) is 18.4 Å². The Morgan fingerprint density at radius 3 is 3.07 bits per heavy atom. The summed E-state index contributed by atoms with van der Waals surface area (Å²) in [6, 6.07) is 6.06. The molecular formula is C21H20FN5O2. The van der Waals surface area contributed by atoms with Gasteiger partial charge in [-0.05, 0) is 30.4 Å². The molecule has 7 nitrogen and oxygen atoms in total. The van der Waals surface area contributed by atoms with Crippen molar-refractivity contribution in [2.45, 2.75) is 19.2 Å². The number of fused-ring (bicyclic) bond motifs is 2. The fourth-order valence-corrected chi connectivity index (χ4v) is 3.74. The molecule has 3 aliphatic rings. The number of hydrogen-bond acceptors (Lipinski definition) is 6. The second-order valence-electron chi connectivity index (χ2n) is 7.08. The highest BCUT2D eigenvalue weighted by atomic mass is 19.1. The van der Waals surface area contributed by atoms with Gasteiger partial charge in [-0.1, -0.05) is 0 Å². The first-order chi connectivity index (χ1) is 14.2. The van der Waals surface area contributed by atoms with Crippen molar-refractivity contribution in [1.29, 1.82) is 0 Å². The van der Waals surface area contributed by atoms with Crippen LogP contribution >= 0.6 is 0 Å². The third-order valence-corrected chi connectivity index (χ3v) is 5.21. The molecule has 0 amide bonds. The van der Waals surface area contributed by atoms with Crippen molar-refractivity contribution in [3.05, 3.63) is 88.3 Å². The third kappa shape index (κ3) is 3.42. The lowest BCUT2D eigenvalue weighted by molar-refractivity contribution is 0.300. The summed E-state index contributed by atoms with van der Waals surface area (Å²) in [5.41, 5.74) is 3.74. The molecule has 0 aliphatic carbocycles. The summed E-state index contributed by atoms with van der Waals surface area (Å²) in [6.07, 6.45) is 9.84. The van der Waals surface area contributed by atoms with Crippen LogP contribution in [0.2, 0.25) is 0 Å². The molecule has 29 heavy (non-hydrogen) atoms. The standard InChI is InChI=1S/C21H20FN5O2/c22-14-1-2-15(24-11-14)13-29-17-5-8-26(21(28)10-17)16-4-7-27-19-12-23-6-3-18(19)25-20(27)9-16/h1-2,4-5,7-11,20,23,25H,3,6,12-13H2. The van der Waals surface area contributed by atoms with Gasteiger partial charge in [-0.2, -0.15) is 0 Å². The minimum absolute atomic E-state index is 0.0206. The smallest absolute Gasteiger partial charge is 0.258 e. The Balaban J connectivity index is 1.30. The minimum atomic E-state index is -0.396. The Labute approximate surface area is 166 Å². The topological polar surface area (TPSA) is 71.4 Å². The number of nitrogens with one attached hydrogen (secondary N) is 2. The second kappa shape index (κ2) is 7.21. The average molecular weight is 393 g/mol. The largest absolute Gasteiger partial charge is 0.487 e. The van der Waals surface area contributed by atoms with E-state index in [0.717, 1.165) is 31.4 Å². The molecule has 8 heteroatoms. The molecular weight excluding hydrogens is 373 g/mol. The van der Waals surface area contributed by atoms with Gasteiger partial charge in [-0.15, -0.1) is 0 Å². The van der Waals surface area contributed by atoms with Crippen LogP contribution in [0.5, 0.6) is 5.75 Å². The lowest BCUT2D eigenvalue weighted by Crippen LogP contribution is -2.36. The number of hydrogen-bond donors (Lipinski definition) is 2. The first-order valence-corrected chi connectivity index (χ1v) is 9.51. The maximum atomic E-state index is 12.9. The van der Waals surface area contributed by atoms with Crippen LogP contribution < -0.4 is 20.9 Å². The zero-order valence-corrected chi connectivity index (χ0v) is 15.6. The monoisotopic (exact) mass is 393 g/mol. The maximum Gasteiger partial charge on any atom is 0.258 e. The fourth-order valence-electron chi connectivity index (χ4n) is 3.74. The van der Waals surface area contributed by atoms with Crippen molar-refractivity contribution in [2.24, 2.45) is 0 Å². The fraction of sp³-hybridized carbons (Fsp3) is 0.238. The quantitative estimate of drug-likeness (QED) is 0.825. The summed E-state index contributed by atoms with van der Waals surface area (Å²) in [5.74, 6) is 0.0504. The summed E-state index contributed by atoms with van der Waals surface area (Å²) < 4.78 is 20.1. The van der Waals surface area contributed by atoms with Gasteiger partial charge < -0.3 is 20.3 Å². The van der Waals surface area contributed by atoms with Gasteiger partial charge in [-0.25, -0.2) is 4.39 Å². The van der Waals surface area contributed by atoms with Crippen LogP contribution in [-0.4, -0.2) is 33.7 Å². The summed E-state index contributed by atoms with van der Waals surface area (Å²) in [6.45, 7) is 1.99. The number of nitrogens with zero attached hydrogens (tertiary/aromatic N) is 3. The van der Waals surface area contributed by atoms with Crippen molar-refractivity contribution >= 4 is 5.70 Å². The highest BCUT2D eigenvalue weighted by molar-refractivity contribution is 5.61. The zero-order chi connectivity index (χ0) is 19.8. The summed E-state index contributed by atoms with van der Waals surface area (Å²) in [4.78, 5) is 18.8. The van der Waals surface area contributed by atoms with Crippen molar-refractivity contribution in [3.63, 3.8) is 0 Å². The molecule has 0 bridgehead atoms. The van der Waals surface area contributed by atoms with Crippen LogP contribution in [0.15, 0.2) is 71.2 Å². The molecule has 0 aromatic carbocycles. The van der Waals surface area contributed by atoms with Crippen LogP contribution in [0, 0.1) is 5.82 Å². The van der Waals surface area contributed by atoms with Crippen LogP contribution in [-0.2, 0) is 6.61 Å². The van der Waals surface area contributed by atoms with E-state index in [1.165, 1.54) is 23.5 Å². The highest BCUT2D eigenvalue weighted by Gasteiger charge is 2.31. The Bertz CT molecular complexity index is 1090. The lowest BCUT2D eigenvalue weighted by atomic mass is 10.2. The number of aromatic nitrogens is 2. The first kappa shape index (κ1) is 17.7. The van der Waals surface area contributed by atoms with E-state index in [1.54, 1.807) is 22.9 Å². The molecule has 0 spiro atoms. The molecule has 5 rings (SSSR count). The van der Waals surface area contributed by atoms with E-state index in [-0.39, 0.29) is 18.3 Å². The van der Waals surface area contributed by atoms with E-state index >= 15 is 0 Å². The zero-order valence-electron chi connectivity index (χ0n) is 15.6. The molecule has 0 fully saturated rings. The van der Waals surface area contributed by atoms with Crippen molar-refractivity contribution in [1.82, 2.24) is 25.1 Å². The van der Waals surface area contributed by atoms with Crippen LogP contribution in [0.4, 0.5) is 4.39 Å².